The summed E-state index contributed by atoms with van der Waals surface area (Å²) in [5.41, 5.74) is 0.557. The topological polar surface area (TPSA) is 41.6 Å². The van der Waals surface area contributed by atoms with E-state index in [1.165, 1.54) is 0 Å². The number of rotatable bonds is 4. The van der Waals surface area contributed by atoms with Gasteiger partial charge in [0.25, 0.3) is 0 Å². The van der Waals surface area contributed by atoms with E-state index in [0.29, 0.717) is 22.2 Å². The maximum absolute atomic E-state index is 11.8. The van der Waals surface area contributed by atoms with Crippen LogP contribution in [0, 0.1) is 0 Å². The molecule has 1 aromatic rings. The van der Waals surface area contributed by atoms with Crippen LogP contribution in [0.5, 0.6) is 0 Å². The van der Waals surface area contributed by atoms with Crippen molar-refractivity contribution in [2.24, 2.45) is 0 Å². The Labute approximate surface area is 122 Å². The van der Waals surface area contributed by atoms with Crippen molar-refractivity contribution >= 4 is 34.8 Å². The summed E-state index contributed by atoms with van der Waals surface area (Å²) in [6.45, 7) is 3.97. The van der Waals surface area contributed by atoms with Gasteiger partial charge in [0.2, 0.25) is 5.91 Å². The number of hydrogen-bond acceptors (Lipinski definition) is 3. The third-order valence-electron chi connectivity index (χ3n) is 2.96. The zero-order valence-electron chi connectivity index (χ0n) is 10.5. The van der Waals surface area contributed by atoms with Crippen LogP contribution in [0.3, 0.4) is 0 Å². The number of anilines is 1. The van der Waals surface area contributed by atoms with Crippen LogP contribution in [0.4, 0.5) is 5.69 Å². The Balaban J connectivity index is 1.81. The molecule has 0 bridgehead atoms. The fourth-order valence-corrected chi connectivity index (χ4v) is 2.23. The van der Waals surface area contributed by atoms with E-state index in [4.69, 9.17) is 27.9 Å². The zero-order chi connectivity index (χ0) is 13.7. The number of nitrogens with zero attached hydrogens (tertiary/aromatic N) is 1. The van der Waals surface area contributed by atoms with Crippen LogP contribution in [0.15, 0.2) is 18.2 Å². The first-order valence-electron chi connectivity index (χ1n) is 6.20. The summed E-state index contributed by atoms with van der Waals surface area (Å²) < 4.78 is 5.26. The molecule has 1 aromatic carbocycles. The Morgan fingerprint density at radius 1 is 1.32 bits per heavy atom. The standard InChI is InChI=1S/C13H16Cl2N2O2/c14-10-1-2-11(15)12(9-10)16-13(18)3-4-17-5-7-19-8-6-17/h1-2,9H,3-8H2,(H,16,18). The molecule has 1 N–H and O–H groups in total. The van der Waals surface area contributed by atoms with E-state index in [1.807, 2.05) is 0 Å². The molecule has 0 unspecified atom stereocenters. The van der Waals surface area contributed by atoms with Gasteiger partial charge in [-0.1, -0.05) is 23.2 Å². The van der Waals surface area contributed by atoms with Crippen molar-refractivity contribution in [3.63, 3.8) is 0 Å². The lowest BCUT2D eigenvalue weighted by Crippen LogP contribution is -2.38. The average molecular weight is 303 g/mol. The van der Waals surface area contributed by atoms with Crippen LogP contribution in [-0.4, -0.2) is 43.7 Å². The van der Waals surface area contributed by atoms with Gasteiger partial charge in [0.05, 0.1) is 23.9 Å². The quantitative estimate of drug-likeness (QED) is 0.930. The number of carbonyl (C=O) groups is 1. The molecular formula is C13H16Cl2N2O2. The molecule has 6 heteroatoms. The number of halogens is 2. The van der Waals surface area contributed by atoms with Crippen LogP contribution in [-0.2, 0) is 9.53 Å². The van der Waals surface area contributed by atoms with Gasteiger partial charge in [0.1, 0.15) is 0 Å². The Morgan fingerprint density at radius 2 is 2.05 bits per heavy atom. The fraction of sp³-hybridized carbons (Fsp3) is 0.462. The van der Waals surface area contributed by atoms with Crippen molar-refractivity contribution in [3.8, 4) is 0 Å². The van der Waals surface area contributed by atoms with Gasteiger partial charge in [-0.2, -0.15) is 0 Å². The third kappa shape index (κ3) is 4.66. The Morgan fingerprint density at radius 3 is 2.79 bits per heavy atom. The minimum atomic E-state index is -0.0596. The van der Waals surface area contributed by atoms with Crippen LogP contribution in [0.1, 0.15) is 6.42 Å². The van der Waals surface area contributed by atoms with E-state index >= 15 is 0 Å². The second-order valence-electron chi connectivity index (χ2n) is 4.38. The number of nitrogens with one attached hydrogen (secondary N) is 1. The lowest BCUT2D eigenvalue weighted by molar-refractivity contribution is -0.116. The first kappa shape index (κ1) is 14.6. The molecule has 0 spiro atoms. The number of hydrogen-bond donors (Lipinski definition) is 1. The van der Waals surface area contributed by atoms with E-state index in [1.54, 1.807) is 18.2 Å². The highest BCUT2D eigenvalue weighted by atomic mass is 35.5. The van der Waals surface area contributed by atoms with E-state index in [0.717, 1.165) is 32.8 Å². The summed E-state index contributed by atoms with van der Waals surface area (Å²) in [6, 6.07) is 5.01. The molecule has 1 heterocycles. The largest absolute Gasteiger partial charge is 0.379 e. The van der Waals surface area contributed by atoms with Crippen molar-refractivity contribution in [1.82, 2.24) is 4.90 Å². The summed E-state index contributed by atoms with van der Waals surface area (Å²) in [4.78, 5) is 14.1. The van der Waals surface area contributed by atoms with Crippen molar-refractivity contribution in [2.45, 2.75) is 6.42 Å². The normalized spacial score (nSPS) is 16.3. The predicted molar refractivity (Wildman–Crippen MR) is 77.0 cm³/mol. The van der Waals surface area contributed by atoms with E-state index in [2.05, 4.69) is 10.2 Å². The van der Waals surface area contributed by atoms with Gasteiger partial charge >= 0.3 is 0 Å². The smallest absolute Gasteiger partial charge is 0.225 e. The molecule has 0 atom stereocenters. The van der Waals surface area contributed by atoms with Gasteiger partial charge in [-0.15, -0.1) is 0 Å². The highest BCUT2D eigenvalue weighted by Crippen LogP contribution is 2.25. The lowest BCUT2D eigenvalue weighted by atomic mass is 10.3. The van der Waals surface area contributed by atoms with Crippen molar-refractivity contribution in [3.05, 3.63) is 28.2 Å². The molecule has 0 radical (unpaired) electrons. The molecule has 4 nitrogen and oxygen atoms in total. The summed E-state index contributed by atoms with van der Waals surface area (Å²) in [5, 5.41) is 3.82. The van der Waals surface area contributed by atoms with Gasteiger partial charge < -0.3 is 10.1 Å². The molecule has 0 aliphatic carbocycles. The Kier molecular flexibility index (Phi) is 5.45. The maximum Gasteiger partial charge on any atom is 0.225 e. The molecular weight excluding hydrogens is 287 g/mol. The maximum atomic E-state index is 11.8. The van der Waals surface area contributed by atoms with E-state index in [-0.39, 0.29) is 5.91 Å². The van der Waals surface area contributed by atoms with Gasteiger partial charge in [-0.3, -0.25) is 9.69 Å². The second kappa shape index (κ2) is 7.10. The van der Waals surface area contributed by atoms with Gasteiger partial charge in [-0.25, -0.2) is 0 Å². The molecule has 19 heavy (non-hydrogen) atoms. The van der Waals surface area contributed by atoms with Crippen molar-refractivity contribution in [1.29, 1.82) is 0 Å². The van der Waals surface area contributed by atoms with Crippen molar-refractivity contribution in [2.75, 3.05) is 38.2 Å². The number of morpholine rings is 1. The van der Waals surface area contributed by atoms with Crippen LogP contribution < -0.4 is 5.32 Å². The molecule has 1 aliphatic heterocycles. The molecule has 104 valence electrons. The highest BCUT2D eigenvalue weighted by Gasteiger charge is 2.12. The molecule has 1 aliphatic rings. The first-order chi connectivity index (χ1) is 9.15. The molecule has 1 amide bonds. The minimum Gasteiger partial charge on any atom is -0.379 e. The number of benzene rings is 1. The summed E-state index contributed by atoms with van der Waals surface area (Å²) in [6.07, 6.45) is 0.433. The Hall–Kier alpha value is -0.810. The summed E-state index contributed by atoms with van der Waals surface area (Å²) >= 11 is 11.9. The van der Waals surface area contributed by atoms with Gasteiger partial charge in [-0.05, 0) is 18.2 Å². The lowest BCUT2D eigenvalue weighted by Gasteiger charge is -2.26. The second-order valence-corrected chi connectivity index (χ2v) is 5.22. The summed E-state index contributed by atoms with van der Waals surface area (Å²) in [7, 11) is 0. The van der Waals surface area contributed by atoms with Crippen molar-refractivity contribution < 1.29 is 9.53 Å². The molecule has 0 aromatic heterocycles. The van der Waals surface area contributed by atoms with Gasteiger partial charge in [0, 0.05) is 31.1 Å². The first-order valence-corrected chi connectivity index (χ1v) is 6.96. The van der Waals surface area contributed by atoms with Crippen LogP contribution >= 0.6 is 23.2 Å². The van der Waals surface area contributed by atoms with Gasteiger partial charge in [0.15, 0.2) is 0 Å². The zero-order valence-corrected chi connectivity index (χ0v) is 12.0. The predicted octanol–water partition coefficient (Wildman–Crippen LogP) is 2.65. The third-order valence-corrected chi connectivity index (χ3v) is 3.53. The SMILES string of the molecule is O=C(CCN1CCOCC1)Nc1cc(Cl)ccc1Cl. The molecule has 1 saturated heterocycles. The highest BCUT2D eigenvalue weighted by molar-refractivity contribution is 6.35. The average Bonchev–Trinajstić information content (AvgIpc) is 2.42. The van der Waals surface area contributed by atoms with E-state index < -0.39 is 0 Å². The molecule has 2 rings (SSSR count). The van der Waals surface area contributed by atoms with Crippen LogP contribution in [0.2, 0.25) is 10.0 Å². The Bertz CT molecular complexity index is 448. The summed E-state index contributed by atoms with van der Waals surface area (Å²) in [5.74, 6) is -0.0596. The molecule has 1 fully saturated rings. The number of ether oxygens (including phenoxy) is 1. The fourth-order valence-electron chi connectivity index (χ4n) is 1.89. The van der Waals surface area contributed by atoms with E-state index in [9.17, 15) is 4.79 Å². The number of amides is 1. The minimum absolute atomic E-state index is 0.0596. The number of carbonyl (C=O) groups excluding carboxylic acids is 1. The van der Waals surface area contributed by atoms with Crippen LogP contribution in [0.25, 0.3) is 0 Å². The monoisotopic (exact) mass is 302 g/mol. The molecule has 0 saturated carbocycles.